The van der Waals surface area contributed by atoms with E-state index in [0.717, 1.165) is 22.7 Å². The number of carbonyl (C=O) groups is 1. The second-order valence-electron chi connectivity index (χ2n) is 6.93. The smallest absolute Gasteiger partial charge is 0.254 e. The van der Waals surface area contributed by atoms with Gasteiger partial charge in [0.1, 0.15) is 5.01 Å². The zero-order valence-electron chi connectivity index (χ0n) is 15.0. The summed E-state index contributed by atoms with van der Waals surface area (Å²) in [5, 5.41) is 12.8. The van der Waals surface area contributed by atoms with Crippen LogP contribution in [0.4, 0.5) is 0 Å². The third kappa shape index (κ3) is 4.89. The van der Waals surface area contributed by atoms with Crippen LogP contribution in [0, 0.1) is 6.92 Å². The van der Waals surface area contributed by atoms with Crippen LogP contribution < -0.4 is 0 Å². The minimum atomic E-state index is -0.671. The largest absolute Gasteiger partial charge is 0.390 e. The molecule has 0 unspecified atom stereocenters. The second kappa shape index (κ2) is 7.45. The van der Waals surface area contributed by atoms with Crippen molar-refractivity contribution in [3.63, 3.8) is 0 Å². The Balaban J connectivity index is 2.03. The molecule has 0 aliphatic carbocycles. The van der Waals surface area contributed by atoms with Crippen LogP contribution in [0.15, 0.2) is 29.6 Å². The number of amides is 1. The third-order valence-corrected chi connectivity index (χ3v) is 5.25. The lowest BCUT2D eigenvalue weighted by molar-refractivity contribution is 0.0711. The van der Waals surface area contributed by atoms with Crippen LogP contribution in [0.25, 0.3) is 0 Å². The first-order valence-corrected chi connectivity index (χ1v) is 9.06. The van der Waals surface area contributed by atoms with Crippen molar-refractivity contribution in [3.05, 3.63) is 51.5 Å². The Morgan fingerprint density at radius 1 is 1.33 bits per heavy atom. The molecular formula is C19H26N2O2S. The molecule has 5 heteroatoms. The first-order valence-electron chi connectivity index (χ1n) is 8.18. The Labute approximate surface area is 148 Å². The summed E-state index contributed by atoms with van der Waals surface area (Å²) in [6, 6.07) is 7.60. The summed E-state index contributed by atoms with van der Waals surface area (Å²) in [6.07, 6.45) is 1.49. The minimum Gasteiger partial charge on any atom is -0.390 e. The lowest BCUT2D eigenvalue weighted by Crippen LogP contribution is -2.29. The number of rotatable bonds is 6. The summed E-state index contributed by atoms with van der Waals surface area (Å²) < 4.78 is 0. The molecule has 1 N–H and O–H groups in total. The number of aryl methyl sites for hydroxylation is 2. The molecule has 1 atom stereocenters. The first kappa shape index (κ1) is 18.6. The van der Waals surface area contributed by atoms with Gasteiger partial charge in [0, 0.05) is 23.7 Å². The summed E-state index contributed by atoms with van der Waals surface area (Å²) in [7, 11) is 1.81. The fraction of sp³-hybridized carbons (Fsp3) is 0.474. The van der Waals surface area contributed by atoms with Crippen molar-refractivity contribution in [1.82, 2.24) is 9.88 Å². The van der Waals surface area contributed by atoms with Gasteiger partial charge in [-0.3, -0.25) is 4.79 Å². The van der Waals surface area contributed by atoms with Crippen LogP contribution >= 0.6 is 11.3 Å². The average Bonchev–Trinajstić information content (AvgIpc) is 2.97. The molecule has 0 saturated carbocycles. The van der Waals surface area contributed by atoms with E-state index in [2.05, 4.69) is 4.98 Å². The Hall–Kier alpha value is -1.72. The Morgan fingerprint density at radius 3 is 2.46 bits per heavy atom. The fourth-order valence-electron chi connectivity index (χ4n) is 2.37. The zero-order chi connectivity index (χ0) is 17.9. The summed E-state index contributed by atoms with van der Waals surface area (Å²) in [5.41, 5.74) is 2.11. The van der Waals surface area contributed by atoms with Gasteiger partial charge < -0.3 is 10.0 Å². The van der Waals surface area contributed by atoms with Crippen molar-refractivity contribution in [2.24, 2.45) is 0 Å². The van der Waals surface area contributed by atoms with Gasteiger partial charge in [0.2, 0.25) is 0 Å². The maximum Gasteiger partial charge on any atom is 0.254 e. The van der Waals surface area contributed by atoms with Gasteiger partial charge in [0.05, 0.1) is 11.6 Å². The second-order valence-corrected chi connectivity index (χ2v) is 7.82. The summed E-state index contributed by atoms with van der Waals surface area (Å²) >= 11 is 1.58. The van der Waals surface area contributed by atoms with Crippen LogP contribution in [0.3, 0.4) is 0 Å². The van der Waals surface area contributed by atoms with Crippen molar-refractivity contribution >= 4 is 17.2 Å². The van der Waals surface area contributed by atoms with Crippen molar-refractivity contribution in [2.45, 2.75) is 52.2 Å². The maximum absolute atomic E-state index is 12.7. The molecule has 0 spiro atoms. The SMILES string of the molecule is Cc1csc([C@H](C)N(C)C(=O)c2ccc(CCC(C)(C)O)cc2)n1. The zero-order valence-corrected chi connectivity index (χ0v) is 15.9. The number of benzene rings is 1. The number of aliphatic hydroxyl groups is 1. The molecule has 4 nitrogen and oxygen atoms in total. The highest BCUT2D eigenvalue weighted by molar-refractivity contribution is 7.09. The Kier molecular flexibility index (Phi) is 5.78. The van der Waals surface area contributed by atoms with Gasteiger partial charge in [0.15, 0.2) is 0 Å². The molecule has 0 bridgehead atoms. The van der Waals surface area contributed by atoms with Gasteiger partial charge in [-0.05, 0) is 58.2 Å². The normalized spacial score (nSPS) is 12.9. The lowest BCUT2D eigenvalue weighted by Gasteiger charge is -2.23. The van der Waals surface area contributed by atoms with E-state index in [0.29, 0.717) is 12.0 Å². The van der Waals surface area contributed by atoms with Gasteiger partial charge in [-0.25, -0.2) is 4.98 Å². The number of hydrogen-bond acceptors (Lipinski definition) is 4. The van der Waals surface area contributed by atoms with E-state index < -0.39 is 5.60 Å². The first-order chi connectivity index (χ1) is 11.2. The summed E-state index contributed by atoms with van der Waals surface area (Å²) in [6.45, 7) is 7.57. The topological polar surface area (TPSA) is 53.4 Å². The predicted molar refractivity (Wildman–Crippen MR) is 98.4 cm³/mol. The van der Waals surface area contributed by atoms with E-state index in [9.17, 15) is 9.90 Å². The van der Waals surface area contributed by atoms with Gasteiger partial charge in [-0.2, -0.15) is 0 Å². The molecule has 2 rings (SSSR count). The number of nitrogens with zero attached hydrogens (tertiary/aromatic N) is 2. The Bertz CT molecular complexity index is 686. The molecule has 0 saturated heterocycles. The average molecular weight is 346 g/mol. The third-order valence-electron chi connectivity index (χ3n) is 4.12. The van der Waals surface area contributed by atoms with Crippen LogP contribution in [0.5, 0.6) is 0 Å². The van der Waals surface area contributed by atoms with Gasteiger partial charge in [-0.1, -0.05) is 12.1 Å². The molecule has 0 aliphatic heterocycles. The highest BCUT2D eigenvalue weighted by Gasteiger charge is 2.21. The fourth-order valence-corrected chi connectivity index (χ4v) is 3.27. The van der Waals surface area contributed by atoms with Crippen LogP contribution in [-0.4, -0.2) is 33.5 Å². The molecule has 0 aliphatic rings. The van der Waals surface area contributed by atoms with E-state index in [1.807, 2.05) is 64.4 Å². The molecule has 1 heterocycles. The summed E-state index contributed by atoms with van der Waals surface area (Å²) in [4.78, 5) is 18.9. The van der Waals surface area contributed by atoms with Gasteiger partial charge >= 0.3 is 0 Å². The number of carbonyl (C=O) groups excluding carboxylic acids is 1. The number of thiazole rings is 1. The molecule has 2 aromatic rings. The van der Waals surface area contributed by atoms with Crippen molar-refractivity contribution in [1.29, 1.82) is 0 Å². The molecule has 1 aromatic heterocycles. The van der Waals surface area contributed by atoms with Crippen LogP contribution in [0.2, 0.25) is 0 Å². The minimum absolute atomic E-state index is 0.00982. The van der Waals surface area contributed by atoms with E-state index in [4.69, 9.17) is 0 Å². The van der Waals surface area contributed by atoms with Crippen LogP contribution in [0.1, 0.15) is 59.9 Å². The number of aromatic nitrogens is 1. The van der Waals surface area contributed by atoms with Crippen LogP contribution in [-0.2, 0) is 6.42 Å². The van der Waals surface area contributed by atoms with E-state index >= 15 is 0 Å². The predicted octanol–water partition coefficient (Wildman–Crippen LogP) is 3.99. The van der Waals surface area contributed by atoms with Crippen molar-refractivity contribution < 1.29 is 9.90 Å². The molecule has 130 valence electrons. The maximum atomic E-state index is 12.7. The van der Waals surface area contributed by atoms with Crippen molar-refractivity contribution in [2.75, 3.05) is 7.05 Å². The van der Waals surface area contributed by atoms with E-state index in [-0.39, 0.29) is 11.9 Å². The Morgan fingerprint density at radius 2 is 1.96 bits per heavy atom. The molecule has 1 amide bonds. The van der Waals surface area contributed by atoms with E-state index in [1.165, 1.54) is 0 Å². The molecule has 1 aromatic carbocycles. The van der Waals surface area contributed by atoms with E-state index in [1.54, 1.807) is 16.2 Å². The highest BCUT2D eigenvalue weighted by Crippen LogP contribution is 2.24. The van der Waals surface area contributed by atoms with Crippen molar-refractivity contribution in [3.8, 4) is 0 Å². The molecule has 24 heavy (non-hydrogen) atoms. The molecular weight excluding hydrogens is 320 g/mol. The van der Waals surface area contributed by atoms with Gasteiger partial charge in [0.25, 0.3) is 5.91 Å². The standard InChI is InChI=1S/C19H26N2O2S/c1-13-12-24-17(20-13)14(2)21(5)18(22)16-8-6-15(7-9-16)10-11-19(3,4)23/h6-9,12,14,23H,10-11H2,1-5H3/t14-/m0/s1. The van der Waals surface area contributed by atoms with Gasteiger partial charge in [-0.15, -0.1) is 11.3 Å². The molecule has 0 radical (unpaired) electrons. The monoisotopic (exact) mass is 346 g/mol. The lowest BCUT2D eigenvalue weighted by atomic mass is 9.98. The summed E-state index contributed by atoms with van der Waals surface area (Å²) in [5.74, 6) is -0.00982. The molecule has 0 fully saturated rings. The highest BCUT2D eigenvalue weighted by atomic mass is 32.1. The number of hydrogen-bond donors (Lipinski definition) is 1. The quantitative estimate of drug-likeness (QED) is 0.860.